The van der Waals surface area contributed by atoms with Crippen LogP contribution < -0.4 is 18.3 Å². The fourth-order valence-electron chi connectivity index (χ4n) is 17.9. The molecular formula is C108H136N4+4. The maximum atomic E-state index is 9.41. The highest BCUT2D eigenvalue weighted by Crippen LogP contribution is 2.49. The van der Waals surface area contributed by atoms with Crippen LogP contribution in [0.3, 0.4) is 0 Å². The molecule has 0 aliphatic heterocycles. The largest absolute Gasteiger partial charge is 0.212 e. The van der Waals surface area contributed by atoms with Crippen molar-refractivity contribution in [1.29, 1.82) is 0 Å². The second kappa shape index (κ2) is 36.4. The van der Waals surface area contributed by atoms with Crippen molar-refractivity contribution in [2.75, 3.05) is 0 Å². The topological polar surface area (TPSA) is 15.5 Å². The van der Waals surface area contributed by atoms with Crippen LogP contribution in [0.5, 0.6) is 0 Å². The van der Waals surface area contributed by atoms with Gasteiger partial charge in [-0.3, -0.25) is 0 Å². The molecule has 0 spiro atoms. The molecule has 0 saturated carbocycles. The van der Waals surface area contributed by atoms with E-state index in [1.165, 1.54) is 129 Å². The number of aryl methyl sites for hydroxylation is 8. The molecule has 4 aromatic heterocycles. The van der Waals surface area contributed by atoms with Crippen LogP contribution in [0.2, 0.25) is 0 Å². The quantitative estimate of drug-likeness (QED) is 0.0909. The number of hydrogen-bond donors (Lipinski definition) is 0. The molecule has 0 amide bonds. The van der Waals surface area contributed by atoms with E-state index in [0.717, 1.165) is 11.1 Å². The normalized spacial score (nSPS) is 12.8. The fourth-order valence-corrected chi connectivity index (χ4v) is 17.9. The SMILES string of the molecule is Cc1ccccc1-c1ccc(-c2ccc(C(C(C)(C)C)C(C)(C)C)cc2)c[n+]1C.Cc1ccccc1-c1ccc(-c2ccc(C(C)CC(C)(C)C)cc2)c[n+]1C.[2H]C(c1ccc(-c2ccc(-c3ccccc3C)[n+](C)c2)cc1)(C(C)(C)C)C(C)(C)C.[2H]C(c1ccc(-c2ccc(-c3ccccc3C)[n+](C)c2)cc1)(C(C)C)C(C)C. The van der Waals surface area contributed by atoms with E-state index in [1.54, 1.807) is 0 Å². The minimum atomic E-state index is -0.683. The highest BCUT2D eigenvalue weighted by Gasteiger charge is 2.38. The predicted molar refractivity (Wildman–Crippen MR) is 481 cm³/mol. The third-order valence-electron chi connectivity index (χ3n) is 22.1. The molecule has 0 radical (unpaired) electrons. The van der Waals surface area contributed by atoms with Gasteiger partial charge in [0.1, 0.15) is 28.2 Å². The van der Waals surface area contributed by atoms with Crippen LogP contribution in [0.25, 0.3) is 89.5 Å². The first-order valence-electron chi connectivity index (χ1n) is 42.0. The lowest BCUT2D eigenvalue weighted by molar-refractivity contribution is -0.660. The number of benzene rings is 8. The van der Waals surface area contributed by atoms with Crippen molar-refractivity contribution < 1.29 is 21.0 Å². The summed E-state index contributed by atoms with van der Waals surface area (Å²) in [6, 6.07) is 87.4. The average Bonchev–Trinajstić information content (AvgIpc) is 0.745. The first-order chi connectivity index (χ1) is 53.3. The number of aromatic nitrogens is 4. The minimum absolute atomic E-state index is 0.172. The van der Waals surface area contributed by atoms with Gasteiger partial charge < -0.3 is 0 Å². The maximum Gasteiger partial charge on any atom is 0.212 e. The summed E-state index contributed by atoms with van der Waals surface area (Å²) in [5.41, 5.74) is 30.4. The Morgan fingerprint density at radius 3 is 0.723 bits per heavy atom. The summed E-state index contributed by atoms with van der Waals surface area (Å²) < 4.78 is 27.3. The second-order valence-electron chi connectivity index (χ2n) is 37.8. The second-order valence-corrected chi connectivity index (χ2v) is 37.8. The Kier molecular flexibility index (Phi) is 27.1. The van der Waals surface area contributed by atoms with Crippen molar-refractivity contribution in [3.05, 3.63) is 312 Å². The molecule has 12 rings (SSSR count). The van der Waals surface area contributed by atoms with E-state index in [4.69, 9.17) is 1.37 Å². The van der Waals surface area contributed by atoms with Crippen LogP contribution in [0.1, 0.15) is 216 Å². The van der Waals surface area contributed by atoms with Gasteiger partial charge in [-0.05, 0) is 212 Å². The van der Waals surface area contributed by atoms with E-state index >= 15 is 0 Å². The van der Waals surface area contributed by atoms with Crippen LogP contribution in [0, 0.1) is 66.6 Å². The molecule has 1 atom stereocenters. The smallest absolute Gasteiger partial charge is 0.200 e. The summed E-state index contributed by atoms with van der Waals surface area (Å²) >= 11 is 0. The molecule has 1 unspecified atom stereocenters. The lowest BCUT2D eigenvalue weighted by atomic mass is 9.63. The molecule has 0 fully saturated rings. The summed E-state index contributed by atoms with van der Waals surface area (Å²) in [4.78, 5) is 0. The van der Waals surface area contributed by atoms with Crippen molar-refractivity contribution in [3.8, 4) is 89.5 Å². The molecule has 0 aliphatic rings. The predicted octanol–water partition coefficient (Wildman–Crippen LogP) is 27.9. The number of pyridine rings is 4. The summed E-state index contributed by atoms with van der Waals surface area (Å²) in [5.74, 6) is 0.381. The van der Waals surface area contributed by atoms with E-state index in [1.807, 2.05) is 0 Å². The van der Waals surface area contributed by atoms with Gasteiger partial charge in [0.05, 0.1) is 0 Å². The van der Waals surface area contributed by atoms with E-state index in [0.29, 0.717) is 17.3 Å². The molecule has 4 heterocycles. The van der Waals surface area contributed by atoms with Crippen molar-refractivity contribution in [1.82, 2.24) is 0 Å². The van der Waals surface area contributed by atoms with Crippen molar-refractivity contribution in [2.45, 2.75) is 196 Å². The van der Waals surface area contributed by atoms with Crippen LogP contribution in [0.4, 0.5) is 0 Å². The molecule has 0 saturated heterocycles. The standard InChI is InChI=1S/2C28H36N.2C26H32N/c2*1-20-11-9-10-12-24(20)25-18-17-23(19-29(25)8)21-13-15-22(16-14-21)26(27(2,3)4)28(5,6)7;1-19-9-7-8-10-24(19)25-16-15-23(18-27(25)6)22-13-11-21(12-14-22)20(2)17-26(3,4)5;1-18(2)26(19(3)4)22-13-11-21(12-14-22)23-15-16-25(27(6)17-23)24-10-8-7-9-20(24)5/h2*9-19,26H,1-8H3;7-16,18,20H,17H2,1-6H3;7-19,26H,1-6H3/q4*+1/i26D;;;26D. The van der Waals surface area contributed by atoms with Gasteiger partial charge in [-0.25, -0.2) is 18.3 Å². The molecule has 8 aromatic carbocycles. The Balaban J connectivity index is 0.000000174. The molecule has 0 aliphatic carbocycles. The van der Waals surface area contributed by atoms with E-state index in [9.17, 15) is 1.37 Å². The van der Waals surface area contributed by atoms with Gasteiger partial charge >= 0.3 is 0 Å². The zero-order chi connectivity index (χ0) is 83.8. The number of nitrogens with zero attached hydrogens (tertiary/aromatic N) is 4. The van der Waals surface area contributed by atoms with Crippen LogP contribution in [0.15, 0.2) is 267 Å². The molecule has 4 heteroatoms. The van der Waals surface area contributed by atoms with Gasteiger partial charge in [0.15, 0.2) is 24.8 Å². The Labute approximate surface area is 681 Å². The highest BCUT2D eigenvalue weighted by molar-refractivity contribution is 5.71. The number of rotatable bonds is 15. The summed E-state index contributed by atoms with van der Waals surface area (Å²) in [6.07, 6.45) is 10.1. The average molecular weight is 1490 g/mol. The van der Waals surface area contributed by atoms with Gasteiger partial charge in [-0.15, -0.1) is 0 Å². The molecule has 0 bridgehead atoms. The molecular weight excluding hydrogens is 1350 g/mol. The first-order valence-corrected chi connectivity index (χ1v) is 41.0. The molecule has 12 aromatic rings. The molecule has 112 heavy (non-hydrogen) atoms. The summed E-state index contributed by atoms with van der Waals surface area (Å²) in [6.45, 7) is 53.6. The third-order valence-corrected chi connectivity index (χ3v) is 22.1. The Morgan fingerprint density at radius 2 is 0.500 bits per heavy atom. The lowest BCUT2D eigenvalue weighted by Crippen LogP contribution is -2.31. The Hall–Kier alpha value is -9.64. The molecule has 0 N–H and O–H groups in total. The van der Waals surface area contributed by atoms with Crippen molar-refractivity contribution in [3.63, 3.8) is 0 Å². The zero-order valence-corrected chi connectivity index (χ0v) is 73.7. The van der Waals surface area contributed by atoms with Crippen molar-refractivity contribution in [2.24, 2.45) is 67.1 Å². The molecule has 4 nitrogen and oxygen atoms in total. The van der Waals surface area contributed by atoms with Gasteiger partial charge in [0.25, 0.3) is 0 Å². The van der Waals surface area contributed by atoms with E-state index < -0.39 is 11.8 Å². The van der Waals surface area contributed by atoms with Crippen LogP contribution in [-0.2, 0) is 28.2 Å². The first kappa shape index (κ1) is 83.3. The Bertz CT molecular complexity index is 5160. The van der Waals surface area contributed by atoms with Gasteiger partial charge in [0.2, 0.25) is 22.8 Å². The van der Waals surface area contributed by atoms with E-state index in [-0.39, 0.29) is 33.5 Å². The van der Waals surface area contributed by atoms with Gasteiger partial charge in [-0.2, -0.15) is 0 Å². The van der Waals surface area contributed by atoms with Gasteiger partial charge in [0, 0.05) is 71.5 Å². The van der Waals surface area contributed by atoms with Gasteiger partial charge in [-0.1, -0.05) is 308 Å². The fraction of sp³-hybridized carbons (Fsp3) is 0.370. The van der Waals surface area contributed by atoms with Crippen molar-refractivity contribution >= 4 is 0 Å². The lowest BCUT2D eigenvalue weighted by Gasteiger charge is -2.41. The third kappa shape index (κ3) is 22.2. The highest BCUT2D eigenvalue weighted by atomic mass is 14.9. The molecule has 584 valence electrons. The van der Waals surface area contributed by atoms with E-state index in [2.05, 4.69) is 480 Å². The zero-order valence-electron chi connectivity index (χ0n) is 75.7. The monoisotopic (exact) mass is 1490 g/mol. The minimum Gasteiger partial charge on any atom is -0.200 e. The summed E-state index contributed by atoms with van der Waals surface area (Å²) in [5, 5.41) is 0. The van der Waals surface area contributed by atoms with Crippen LogP contribution >= 0.6 is 0 Å². The summed E-state index contributed by atoms with van der Waals surface area (Å²) in [7, 11) is 8.47. The number of hydrogen-bond acceptors (Lipinski definition) is 0. The van der Waals surface area contributed by atoms with Crippen LogP contribution in [-0.4, -0.2) is 0 Å². The Morgan fingerprint density at radius 1 is 0.268 bits per heavy atom. The maximum absolute atomic E-state index is 9.41.